The quantitative estimate of drug-likeness (QED) is 0.307. The lowest BCUT2D eigenvalue weighted by atomic mass is 9.72. The monoisotopic (exact) mass is 538 g/mol. The summed E-state index contributed by atoms with van der Waals surface area (Å²) in [5.41, 5.74) is 3.55. The highest BCUT2D eigenvalue weighted by molar-refractivity contribution is 7.16. The van der Waals surface area contributed by atoms with Crippen LogP contribution in [0.1, 0.15) is 67.4 Å². The zero-order valence-electron chi connectivity index (χ0n) is 22.4. The second-order valence-electron chi connectivity index (χ2n) is 10.8. The molecule has 1 N–H and O–H groups in total. The largest absolute Gasteiger partial charge is 0.493 e. The number of hydrogen-bond donors (Lipinski definition) is 1. The number of carbonyl (C=O) groups is 1. The summed E-state index contributed by atoms with van der Waals surface area (Å²) in [6, 6.07) is 13.2. The van der Waals surface area contributed by atoms with E-state index in [-0.39, 0.29) is 17.4 Å². The molecule has 5 nitrogen and oxygen atoms in total. The Bertz CT molecular complexity index is 1290. The minimum atomic E-state index is -0.124. The van der Waals surface area contributed by atoms with Crippen molar-refractivity contribution in [1.82, 2.24) is 0 Å². The first-order valence-electron chi connectivity index (χ1n) is 12.7. The number of amides is 1. The van der Waals surface area contributed by atoms with E-state index in [0.29, 0.717) is 33.0 Å². The Kier molecular flexibility index (Phi) is 8.29. The Labute approximate surface area is 228 Å². The fourth-order valence-corrected chi connectivity index (χ4v) is 6.18. The third kappa shape index (κ3) is 6.36. The molecule has 0 fully saturated rings. The molecular weight excluding hydrogens is 504 g/mol. The minimum absolute atomic E-state index is 0.0361. The first kappa shape index (κ1) is 27.2. The predicted molar refractivity (Wildman–Crippen MR) is 155 cm³/mol. The SMILES string of the molecule is COc1cc(C=Nc2sc3c(c2C(=O)Nc2ccccc2)CC[C@@H](C(C)(C)C)C3)cc(Cl)c1OC(C)C. The molecule has 37 heavy (non-hydrogen) atoms. The number of thiophene rings is 1. The number of nitrogens with one attached hydrogen (secondary N) is 1. The van der Waals surface area contributed by atoms with E-state index in [0.717, 1.165) is 36.1 Å². The molecule has 0 spiro atoms. The molecule has 0 saturated carbocycles. The Morgan fingerprint density at radius 2 is 1.95 bits per heavy atom. The van der Waals surface area contributed by atoms with Gasteiger partial charge in [-0.05, 0) is 79.8 Å². The molecule has 196 valence electrons. The number of halogens is 1. The summed E-state index contributed by atoms with van der Waals surface area (Å²) < 4.78 is 11.4. The van der Waals surface area contributed by atoms with E-state index in [1.807, 2.05) is 50.2 Å². The van der Waals surface area contributed by atoms with Crippen molar-refractivity contribution in [1.29, 1.82) is 0 Å². The van der Waals surface area contributed by atoms with Crippen molar-refractivity contribution in [2.24, 2.45) is 16.3 Å². The Morgan fingerprint density at radius 3 is 2.59 bits per heavy atom. The maximum Gasteiger partial charge on any atom is 0.259 e. The van der Waals surface area contributed by atoms with Crippen LogP contribution in [-0.4, -0.2) is 25.3 Å². The summed E-state index contributed by atoms with van der Waals surface area (Å²) in [5.74, 6) is 1.50. The van der Waals surface area contributed by atoms with Gasteiger partial charge >= 0.3 is 0 Å². The number of fused-ring (bicyclic) bond motifs is 1. The topological polar surface area (TPSA) is 59.9 Å². The maximum absolute atomic E-state index is 13.5. The summed E-state index contributed by atoms with van der Waals surface area (Å²) in [6.45, 7) is 10.8. The van der Waals surface area contributed by atoms with Crippen LogP contribution >= 0.6 is 22.9 Å². The third-order valence-corrected chi connectivity index (χ3v) is 8.11. The van der Waals surface area contributed by atoms with E-state index in [4.69, 9.17) is 26.1 Å². The van der Waals surface area contributed by atoms with Crippen LogP contribution in [0.25, 0.3) is 0 Å². The Hall–Kier alpha value is -2.83. The smallest absolute Gasteiger partial charge is 0.259 e. The van der Waals surface area contributed by atoms with Gasteiger partial charge < -0.3 is 14.8 Å². The van der Waals surface area contributed by atoms with E-state index >= 15 is 0 Å². The standard InChI is InChI=1S/C30H35ClN2O3S/c1-18(2)36-27-23(31)14-19(15-24(27)35-6)17-32-29-26(28(34)33-21-10-8-7-9-11-21)22-13-12-20(30(3,4)5)16-25(22)37-29/h7-11,14-15,17-18,20H,12-13,16H2,1-6H3,(H,33,34)/t20-/m1/s1. The van der Waals surface area contributed by atoms with Gasteiger partial charge in [-0.3, -0.25) is 4.79 Å². The average molecular weight is 539 g/mol. The van der Waals surface area contributed by atoms with Gasteiger partial charge in [-0.25, -0.2) is 4.99 Å². The number of benzene rings is 2. The fourth-order valence-electron chi connectivity index (χ4n) is 4.65. The lowest BCUT2D eigenvalue weighted by molar-refractivity contribution is 0.102. The highest BCUT2D eigenvalue weighted by Crippen LogP contribution is 2.45. The lowest BCUT2D eigenvalue weighted by Crippen LogP contribution is -2.27. The molecule has 0 unspecified atom stereocenters. The number of ether oxygens (including phenoxy) is 2. The predicted octanol–water partition coefficient (Wildman–Crippen LogP) is 8.35. The second kappa shape index (κ2) is 11.3. The van der Waals surface area contributed by atoms with Gasteiger partial charge in [-0.1, -0.05) is 50.6 Å². The van der Waals surface area contributed by atoms with Gasteiger partial charge in [0.05, 0.1) is 23.8 Å². The van der Waals surface area contributed by atoms with E-state index in [9.17, 15) is 4.79 Å². The molecule has 1 aliphatic carbocycles. The summed E-state index contributed by atoms with van der Waals surface area (Å²) in [4.78, 5) is 19.6. The molecule has 0 saturated heterocycles. The van der Waals surface area contributed by atoms with Crippen molar-refractivity contribution in [3.8, 4) is 11.5 Å². The molecule has 0 radical (unpaired) electrons. The van der Waals surface area contributed by atoms with Crippen LogP contribution in [0.15, 0.2) is 47.5 Å². The summed E-state index contributed by atoms with van der Waals surface area (Å²) >= 11 is 8.14. The van der Waals surface area contributed by atoms with Crippen LogP contribution in [0.2, 0.25) is 5.02 Å². The first-order valence-corrected chi connectivity index (χ1v) is 13.9. The summed E-state index contributed by atoms with van der Waals surface area (Å²) in [7, 11) is 1.59. The van der Waals surface area contributed by atoms with Gasteiger partial charge in [0.25, 0.3) is 5.91 Å². The highest BCUT2D eigenvalue weighted by atomic mass is 35.5. The number of para-hydroxylation sites is 1. The molecule has 4 rings (SSSR count). The number of aliphatic imine (C=N–C) groups is 1. The number of anilines is 1. The Morgan fingerprint density at radius 1 is 1.22 bits per heavy atom. The van der Waals surface area contributed by atoms with Crippen LogP contribution in [0.5, 0.6) is 11.5 Å². The van der Waals surface area contributed by atoms with Crippen molar-refractivity contribution in [2.45, 2.75) is 60.0 Å². The highest BCUT2D eigenvalue weighted by Gasteiger charge is 2.33. The third-order valence-electron chi connectivity index (χ3n) is 6.67. The number of nitrogens with zero attached hydrogens (tertiary/aromatic N) is 1. The fraction of sp³-hybridized carbons (Fsp3) is 0.400. The van der Waals surface area contributed by atoms with Crippen molar-refractivity contribution >= 4 is 45.7 Å². The number of hydrogen-bond acceptors (Lipinski definition) is 5. The van der Waals surface area contributed by atoms with Gasteiger partial charge in [0.1, 0.15) is 5.00 Å². The summed E-state index contributed by atoms with van der Waals surface area (Å²) in [5, 5.41) is 4.23. The van der Waals surface area contributed by atoms with E-state index in [1.54, 1.807) is 30.7 Å². The van der Waals surface area contributed by atoms with Crippen molar-refractivity contribution in [3.63, 3.8) is 0 Å². The summed E-state index contributed by atoms with van der Waals surface area (Å²) in [6.07, 6.45) is 4.61. The van der Waals surface area contributed by atoms with Gasteiger partial charge in [0.2, 0.25) is 0 Å². The van der Waals surface area contributed by atoms with E-state index < -0.39 is 0 Å². The zero-order chi connectivity index (χ0) is 26.7. The van der Waals surface area contributed by atoms with Crippen LogP contribution < -0.4 is 14.8 Å². The van der Waals surface area contributed by atoms with Gasteiger partial charge in [-0.15, -0.1) is 11.3 Å². The lowest BCUT2D eigenvalue weighted by Gasteiger charge is -2.33. The number of rotatable bonds is 7. The van der Waals surface area contributed by atoms with Crippen LogP contribution in [0.4, 0.5) is 10.7 Å². The molecule has 2 aromatic carbocycles. The van der Waals surface area contributed by atoms with Gasteiger partial charge in [-0.2, -0.15) is 0 Å². The van der Waals surface area contributed by atoms with Crippen molar-refractivity contribution in [3.05, 3.63) is 69.1 Å². The van der Waals surface area contributed by atoms with Gasteiger partial charge in [0.15, 0.2) is 11.5 Å². The van der Waals surface area contributed by atoms with Crippen LogP contribution in [0, 0.1) is 11.3 Å². The second-order valence-corrected chi connectivity index (χ2v) is 12.3. The molecule has 0 bridgehead atoms. The number of methoxy groups -OCH3 is 1. The van der Waals surface area contributed by atoms with Crippen molar-refractivity contribution in [2.75, 3.05) is 12.4 Å². The molecule has 1 aromatic heterocycles. The molecular formula is C30H35ClN2O3S. The van der Waals surface area contributed by atoms with Gasteiger partial charge in [0, 0.05) is 16.8 Å². The van der Waals surface area contributed by atoms with Crippen molar-refractivity contribution < 1.29 is 14.3 Å². The first-order chi connectivity index (χ1) is 17.6. The maximum atomic E-state index is 13.5. The number of carbonyl (C=O) groups excluding carboxylic acids is 1. The minimum Gasteiger partial charge on any atom is -0.493 e. The molecule has 1 amide bonds. The van der Waals surface area contributed by atoms with Crippen LogP contribution in [0.3, 0.4) is 0 Å². The molecule has 1 heterocycles. The van der Waals surface area contributed by atoms with Crippen LogP contribution in [-0.2, 0) is 12.8 Å². The molecule has 1 atom stereocenters. The molecule has 0 aliphatic heterocycles. The molecule has 3 aromatic rings. The average Bonchev–Trinajstić information content (AvgIpc) is 3.21. The van der Waals surface area contributed by atoms with E-state index in [1.165, 1.54) is 4.88 Å². The molecule has 7 heteroatoms. The molecule has 1 aliphatic rings. The Balaban J connectivity index is 1.71. The normalized spacial score (nSPS) is 15.6. The van der Waals surface area contributed by atoms with E-state index in [2.05, 4.69) is 26.1 Å². The zero-order valence-corrected chi connectivity index (χ0v) is 23.9.